The molecule has 2 aliphatic rings. The number of carbonyl (C=O) groups excluding carboxylic acids is 1. The highest BCUT2D eigenvalue weighted by atomic mass is 16.6. The van der Waals surface area contributed by atoms with Crippen molar-refractivity contribution in [3.05, 3.63) is 11.1 Å². The van der Waals surface area contributed by atoms with Crippen LogP contribution in [0.1, 0.15) is 41.5 Å². The molecule has 2 rings (SSSR count). The Balaban J connectivity index is 2.65. The van der Waals surface area contributed by atoms with Gasteiger partial charge >= 0.3 is 0 Å². The molecule has 0 N–H and O–H groups in total. The number of rotatable bonds is 0. The minimum atomic E-state index is -0.397. The van der Waals surface area contributed by atoms with Crippen molar-refractivity contribution < 1.29 is 9.53 Å². The van der Waals surface area contributed by atoms with Gasteiger partial charge in [-0.3, -0.25) is 4.79 Å². The van der Waals surface area contributed by atoms with Gasteiger partial charge in [0.2, 0.25) is 0 Å². The number of ketones is 1. The minimum Gasteiger partial charge on any atom is -0.357 e. The molecule has 2 heteroatoms. The molecule has 1 saturated heterocycles. The fraction of sp³-hybridized carbons (Fsp3) is 0.750. The normalized spacial score (nSPS) is 45.1. The number of Topliss-reactive ketones (excluding diaryl/α,β-unsaturated/α-hetero) is 1. The van der Waals surface area contributed by atoms with Gasteiger partial charge in [0, 0.05) is 0 Å². The molecular weight excluding hydrogens is 176 g/mol. The van der Waals surface area contributed by atoms with E-state index < -0.39 is 5.41 Å². The second-order valence-corrected chi connectivity index (χ2v) is 5.37. The lowest BCUT2D eigenvalue weighted by Gasteiger charge is -2.35. The minimum absolute atomic E-state index is 0.214. The Bertz CT molecular complexity index is 365. The van der Waals surface area contributed by atoms with Crippen LogP contribution in [0.15, 0.2) is 11.1 Å². The smallest absolute Gasteiger partial charge is 0.167 e. The number of fused-ring (bicyclic) bond motifs is 1. The molecule has 1 aliphatic heterocycles. The van der Waals surface area contributed by atoms with E-state index in [9.17, 15) is 4.79 Å². The zero-order valence-corrected chi connectivity index (χ0v) is 9.82. The number of hydrogen-bond donors (Lipinski definition) is 0. The molecule has 2 atom stereocenters. The average Bonchev–Trinajstić information content (AvgIpc) is 2.68. The summed E-state index contributed by atoms with van der Waals surface area (Å²) in [5.74, 6) is 0.229. The number of epoxide rings is 1. The van der Waals surface area contributed by atoms with Crippen molar-refractivity contribution in [3.63, 3.8) is 0 Å². The summed E-state index contributed by atoms with van der Waals surface area (Å²) in [5, 5.41) is 0. The predicted molar refractivity (Wildman–Crippen MR) is 55.1 cm³/mol. The van der Waals surface area contributed by atoms with Crippen LogP contribution in [0.2, 0.25) is 0 Å². The van der Waals surface area contributed by atoms with Crippen molar-refractivity contribution >= 4 is 5.78 Å². The Morgan fingerprint density at radius 3 is 2.07 bits per heavy atom. The van der Waals surface area contributed by atoms with Gasteiger partial charge in [0.1, 0.15) is 11.2 Å². The molecule has 1 aliphatic carbocycles. The molecule has 0 aromatic rings. The van der Waals surface area contributed by atoms with E-state index in [-0.39, 0.29) is 17.0 Å². The maximum atomic E-state index is 12.1. The molecule has 0 aromatic heterocycles. The lowest BCUT2D eigenvalue weighted by Crippen LogP contribution is -2.47. The van der Waals surface area contributed by atoms with Gasteiger partial charge in [-0.2, -0.15) is 0 Å². The first-order valence-corrected chi connectivity index (χ1v) is 5.11. The molecule has 0 spiro atoms. The highest BCUT2D eigenvalue weighted by molar-refractivity contribution is 6.03. The van der Waals surface area contributed by atoms with E-state index in [0.717, 1.165) is 11.1 Å². The molecule has 0 radical (unpaired) electrons. The van der Waals surface area contributed by atoms with E-state index in [4.69, 9.17) is 4.74 Å². The predicted octanol–water partition coefficient (Wildman–Crippen LogP) is 2.48. The monoisotopic (exact) mass is 194 g/mol. The fourth-order valence-corrected chi connectivity index (χ4v) is 2.75. The van der Waals surface area contributed by atoms with Crippen molar-refractivity contribution in [1.82, 2.24) is 0 Å². The molecule has 1 fully saturated rings. The Kier molecular flexibility index (Phi) is 1.51. The molecule has 14 heavy (non-hydrogen) atoms. The van der Waals surface area contributed by atoms with E-state index in [2.05, 4.69) is 6.92 Å². The third-order valence-electron chi connectivity index (χ3n) is 4.66. The molecule has 78 valence electrons. The van der Waals surface area contributed by atoms with Gasteiger partial charge in [-0.25, -0.2) is 0 Å². The SMILES string of the molecule is CC1=C(C)C2(C)OC2(C)C(C)(C)C1=O. The van der Waals surface area contributed by atoms with E-state index in [1.54, 1.807) is 0 Å². The molecule has 1 heterocycles. The van der Waals surface area contributed by atoms with Crippen LogP contribution in [0.25, 0.3) is 0 Å². The van der Waals surface area contributed by atoms with Crippen LogP contribution in [0.5, 0.6) is 0 Å². The topological polar surface area (TPSA) is 29.6 Å². The zero-order valence-electron chi connectivity index (χ0n) is 9.82. The molecule has 0 amide bonds. The van der Waals surface area contributed by atoms with E-state index in [1.807, 2.05) is 34.6 Å². The molecule has 2 nitrogen and oxygen atoms in total. The summed E-state index contributed by atoms with van der Waals surface area (Å²) < 4.78 is 5.84. The van der Waals surface area contributed by atoms with Crippen molar-refractivity contribution in [2.24, 2.45) is 5.41 Å². The zero-order chi connectivity index (χ0) is 10.9. The van der Waals surface area contributed by atoms with Gasteiger partial charge in [0.15, 0.2) is 5.78 Å². The number of carbonyl (C=O) groups is 1. The van der Waals surface area contributed by atoms with Gasteiger partial charge < -0.3 is 4.74 Å². The molecular formula is C12H18O2. The van der Waals surface area contributed by atoms with Gasteiger partial charge in [0.25, 0.3) is 0 Å². The van der Waals surface area contributed by atoms with Gasteiger partial charge in [-0.15, -0.1) is 0 Å². The molecule has 0 bridgehead atoms. The fourth-order valence-electron chi connectivity index (χ4n) is 2.75. The third kappa shape index (κ3) is 0.714. The molecule has 0 aromatic carbocycles. The van der Waals surface area contributed by atoms with E-state index >= 15 is 0 Å². The first kappa shape index (κ1) is 9.91. The summed E-state index contributed by atoms with van der Waals surface area (Å²) in [5.41, 5.74) is 1.07. The highest BCUT2D eigenvalue weighted by Gasteiger charge is 2.75. The van der Waals surface area contributed by atoms with E-state index in [1.165, 1.54) is 0 Å². The van der Waals surface area contributed by atoms with Crippen molar-refractivity contribution in [2.75, 3.05) is 0 Å². The van der Waals surface area contributed by atoms with Crippen LogP contribution in [-0.4, -0.2) is 17.0 Å². The first-order valence-electron chi connectivity index (χ1n) is 5.11. The Labute approximate surface area is 85.3 Å². The molecule has 0 saturated carbocycles. The Morgan fingerprint density at radius 1 is 1.07 bits per heavy atom. The van der Waals surface area contributed by atoms with Crippen LogP contribution in [-0.2, 0) is 9.53 Å². The number of allylic oxidation sites excluding steroid dienone is 1. The quantitative estimate of drug-likeness (QED) is 0.554. The van der Waals surface area contributed by atoms with Crippen LogP contribution >= 0.6 is 0 Å². The van der Waals surface area contributed by atoms with Gasteiger partial charge in [-0.1, -0.05) is 0 Å². The van der Waals surface area contributed by atoms with Crippen LogP contribution in [0, 0.1) is 5.41 Å². The average molecular weight is 194 g/mol. The maximum Gasteiger partial charge on any atom is 0.167 e. The molecule has 2 unspecified atom stereocenters. The second kappa shape index (κ2) is 2.13. The summed E-state index contributed by atoms with van der Waals surface area (Å²) in [7, 11) is 0. The Hall–Kier alpha value is -0.630. The maximum absolute atomic E-state index is 12.1. The van der Waals surface area contributed by atoms with Crippen molar-refractivity contribution in [3.8, 4) is 0 Å². The van der Waals surface area contributed by atoms with Gasteiger partial charge in [-0.05, 0) is 52.7 Å². The summed E-state index contributed by atoms with van der Waals surface area (Å²) in [6.45, 7) is 12.0. The lowest BCUT2D eigenvalue weighted by atomic mass is 9.62. The van der Waals surface area contributed by atoms with Crippen molar-refractivity contribution in [1.29, 1.82) is 0 Å². The summed E-state index contributed by atoms with van der Waals surface area (Å²) in [4.78, 5) is 12.1. The summed E-state index contributed by atoms with van der Waals surface area (Å²) in [6, 6.07) is 0. The van der Waals surface area contributed by atoms with Crippen LogP contribution in [0.4, 0.5) is 0 Å². The second-order valence-electron chi connectivity index (χ2n) is 5.37. The summed E-state index contributed by atoms with van der Waals surface area (Å²) in [6.07, 6.45) is 0. The van der Waals surface area contributed by atoms with Crippen LogP contribution in [0.3, 0.4) is 0 Å². The van der Waals surface area contributed by atoms with Gasteiger partial charge in [0.05, 0.1) is 5.41 Å². The number of hydrogen-bond acceptors (Lipinski definition) is 2. The van der Waals surface area contributed by atoms with Crippen LogP contribution < -0.4 is 0 Å². The number of ether oxygens (including phenoxy) is 1. The third-order valence-corrected chi connectivity index (χ3v) is 4.66. The summed E-state index contributed by atoms with van der Waals surface area (Å²) >= 11 is 0. The highest BCUT2D eigenvalue weighted by Crippen LogP contribution is 2.65. The van der Waals surface area contributed by atoms with E-state index in [0.29, 0.717) is 0 Å². The first-order chi connectivity index (χ1) is 6.18. The Morgan fingerprint density at radius 2 is 1.57 bits per heavy atom. The lowest BCUT2D eigenvalue weighted by molar-refractivity contribution is -0.126. The van der Waals surface area contributed by atoms with Crippen molar-refractivity contribution in [2.45, 2.75) is 52.7 Å². The largest absolute Gasteiger partial charge is 0.357 e. The standard InChI is InChI=1S/C12H18O2/c1-7-8(2)11(5)12(6,14-11)10(3,4)9(7)13/h1-6H3.